The summed E-state index contributed by atoms with van der Waals surface area (Å²) in [4.78, 5) is 34.0. The van der Waals surface area contributed by atoms with Crippen LogP contribution in [0, 0.1) is 0 Å². The Balaban J connectivity index is 1.22. The topological polar surface area (TPSA) is 87.6 Å². The molecule has 0 bridgehead atoms. The quantitative estimate of drug-likeness (QED) is 0.218. The van der Waals surface area contributed by atoms with Crippen molar-refractivity contribution in [3.63, 3.8) is 0 Å². The van der Waals surface area contributed by atoms with Crippen LogP contribution in [0.15, 0.2) is 85.2 Å². The lowest BCUT2D eigenvalue weighted by molar-refractivity contribution is -0.126. The number of fused-ring (bicyclic) bond motifs is 2. The van der Waals surface area contributed by atoms with Crippen LogP contribution >= 0.6 is 0 Å². The fourth-order valence-corrected chi connectivity index (χ4v) is 4.44. The molecule has 5 rings (SSSR count). The number of methoxy groups -OCH3 is 2. The second kappa shape index (κ2) is 11.1. The maximum Gasteiger partial charge on any atom is 0.162 e. The Morgan fingerprint density at radius 2 is 1.42 bits per heavy atom. The first-order valence-electron chi connectivity index (χ1n) is 12.2. The average Bonchev–Trinajstić information content (AvgIpc) is 2.93. The van der Waals surface area contributed by atoms with Gasteiger partial charge in [0.25, 0.3) is 0 Å². The third-order valence-electron chi connectivity index (χ3n) is 6.28. The predicted octanol–water partition coefficient (Wildman–Crippen LogP) is 5.91. The summed E-state index contributed by atoms with van der Waals surface area (Å²) in [6.45, 7) is 0. The monoisotopic (exact) mass is 506 g/mol. The molecular weight excluding hydrogens is 480 g/mol. The van der Waals surface area contributed by atoms with E-state index in [1.165, 1.54) is 0 Å². The fourth-order valence-electron chi connectivity index (χ4n) is 4.44. The highest BCUT2D eigenvalue weighted by atomic mass is 16.5. The van der Waals surface area contributed by atoms with E-state index < -0.39 is 0 Å². The third-order valence-corrected chi connectivity index (χ3v) is 6.28. The molecule has 0 N–H and O–H groups in total. The summed E-state index contributed by atoms with van der Waals surface area (Å²) in [6, 6.07) is 22.2. The van der Waals surface area contributed by atoms with E-state index in [1.54, 1.807) is 50.9 Å². The molecule has 38 heavy (non-hydrogen) atoms. The third kappa shape index (κ3) is 5.47. The molecule has 7 nitrogen and oxygen atoms in total. The van der Waals surface area contributed by atoms with Crippen molar-refractivity contribution in [3.05, 3.63) is 96.3 Å². The van der Waals surface area contributed by atoms with Gasteiger partial charge in [0.05, 0.1) is 31.7 Å². The minimum Gasteiger partial charge on any atom is -0.493 e. The lowest BCUT2D eigenvalue weighted by Crippen LogP contribution is -2.12. The SMILES string of the molecule is COc1cc2nccc(Oc3ccc(CC(=O)CC(=O)Cc4cccc5ncccc45)cc3)c2cc1OC. The number of hydrogen-bond donors (Lipinski definition) is 0. The normalized spacial score (nSPS) is 10.9. The maximum atomic E-state index is 12.6. The largest absolute Gasteiger partial charge is 0.493 e. The molecule has 0 saturated heterocycles. The molecule has 0 saturated carbocycles. The van der Waals surface area contributed by atoms with Gasteiger partial charge in [0.15, 0.2) is 11.5 Å². The van der Waals surface area contributed by atoms with Crippen molar-refractivity contribution >= 4 is 33.4 Å². The first kappa shape index (κ1) is 24.9. The van der Waals surface area contributed by atoms with Crippen molar-refractivity contribution < 1.29 is 23.8 Å². The summed E-state index contributed by atoms with van der Waals surface area (Å²) in [5.74, 6) is 2.17. The molecule has 0 atom stereocenters. The molecule has 190 valence electrons. The molecular formula is C31H26N2O5. The number of nitrogens with zero attached hydrogens (tertiary/aromatic N) is 2. The van der Waals surface area contributed by atoms with Gasteiger partial charge in [0.1, 0.15) is 23.1 Å². The van der Waals surface area contributed by atoms with Crippen LogP contribution in [0.2, 0.25) is 0 Å². The van der Waals surface area contributed by atoms with Crippen LogP contribution < -0.4 is 14.2 Å². The Labute approximate surface area is 220 Å². The summed E-state index contributed by atoms with van der Waals surface area (Å²) >= 11 is 0. The number of carbonyl (C=O) groups is 2. The molecule has 7 heteroatoms. The van der Waals surface area contributed by atoms with Crippen LogP contribution in [0.5, 0.6) is 23.0 Å². The number of pyridine rings is 2. The Kier molecular flexibility index (Phi) is 7.26. The molecule has 3 aromatic carbocycles. The highest BCUT2D eigenvalue weighted by Gasteiger charge is 2.14. The molecule has 0 spiro atoms. The van der Waals surface area contributed by atoms with Crippen LogP contribution in [0.3, 0.4) is 0 Å². The van der Waals surface area contributed by atoms with Gasteiger partial charge in [-0.3, -0.25) is 19.6 Å². The van der Waals surface area contributed by atoms with Gasteiger partial charge in [-0.25, -0.2) is 0 Å². The van der Waals surface area contributed by atoms with Gasteiger partial charge < -0.3 is 14.2 Å². The lowest BCUT2D eigenvalue weighted by atomic mass is 9.99. The number of aromatic nitrogens is 2. The molecule has 0 aliphatic rings. The molecule has 0 amide bonds. The molecule has 5 aromatic rings. The van der Waals surface area contributed by atoms with E-state index in [0.29, 0.717) is 28.5 Å². The maximum absolute atomic E-state index is 12.6. The Morgan fingerprint density at radius 1 is 0.684 bits per heavy atom. The van der Waals surface area contributed by atoms with Crippen molar-refractivity contribution in [2.24, 2.45) is 0 Å². The number of ether oxygens (including phenoxy) is 3. The van der Waals surface area contributed by atoms with Crippen molar-refractivity contribution in [2.45, 2.75) is 19.3 Å². The number of carbonyl (C=O) groups excluding carboxylic acids is 2. The van der Waals surface area contributed by atoms with E-state index in [0.717, 1.165) is 27.4 Å². The minimum atomic E-state index is -0.122. The van der Waals surface area contributed by atoms with Crippen LogP contribution in [0.4, 0.5) is 0 Å². The van der Waals surface area contributed by atoms with Crippen LogP contribution in [0.1, 0.15) is 17.5 Å². The van der Waals surface area contributed by atoms with E-state index in [-0.39, 0.29) is 30.8 Å². The Bertz CT molecular complexity index is 1620. The van der Waals surface area contributed by atoms with Crippen LogP contribution in [-0.4, -0.2) is 35.8 Å². The van der Waals surface area contributed by atoms with Gasteiger partial charge in [-0.05, 0) is 47.5 Å². The van der Waals surface area contributed by atoms with E-state index >= 15 is 0 Å². The average molecular weight is 507 g/mol. The van der Waals surface area contributed by atoms with Crippen molar-refractivity contribution in [3.8, 4) is 23.0 Å². The summed E-state index contributed by atoms with van der Waals surface area (Å²) < 4.78 is 16.9. The fraction of sp³-hybridized carbons (Fsp3) is 0.161. The van der Waals surface area contributed by atoms with Crippen LogP contribution in [0.25, 0.3) is 21.8 Å². The van der Waals surface area contributed by atoms with Crippen molar-refractivity contribution in [1.82, 2.24) is 9.97 Å². The smallest absolute Gasteiger partial charge is 0.162 e. The Morgan fingerprint density at radius 3 is 2.21 bits per heavy atom. The van der Waals surface area contributed by atoms with Gasteiger partial charge in [-0.15, -0.1) is 0 Å². The molecule has 2 aromatic heterocycles. The molecule has 0 fully saturated rings. The minimum absolute atomic E-state index is 0.108. The molecule has 2 heterocycles. The van der Waals surface area contributed by atoms with Gasteiger partial charge in [-0.1, -0.05) is 30.3 Å². The second-order valence-corrected chi connectivity index (χ2v) is 8.87. The standard InChI is InChI=1S/C31H26N2O5/c1-36-30-18-26-28(19-31(30)37-2)33-14-12-29(26)38-24-10-8-20(9-11-24)15-22(34)17-23(35)16-21-5-3-7-27-25(21)6-4-13-32-27/h3-14,18-19H,15-17H2,1-2H3. The summed E-state index contributed by atoms with van der Waals surface area (Å²) in [5, 5.41) is 1.72. The summed E-state index contributed by atoms with van der Waals surface area (Å²) in [7, 11) is 3.16. The zero-order valence-electron chi connectivity index (χ0n) is 21.1. The van der Waals surface area contributed by atoms with Gasteiger partial charge in [-0.2, -0.15) is 0 Å². The van der Waals surface area contributed by atoms with Gasteiger partial charge >= 0.3 is 0 Å². The van der Waals surface area contributed by atoms with E-state index in [1.807, 2.05) is 48.5 Å². The first-order valence-corrected chi connectivity index (χ1v) is 12.2. The molecule has 0 radical (unpaired) electrons. The summed E-state index contributed by atoms with van der Waals surface area (Å²) in [5.41, 5.74) is 3.25. The summed E-state index contributed by atoms with van der Waals surface area (Å²) in [6.07, 6.45) is 3.67. The molecule has 0 aliphatic heterocycles. The van der Waals surface area contributed by atoms with Gasteiger partial charge in [0.2, 0.25) is 0 Å². The number of rotatable bonds is 10. The first-order chi connectivity index (χ1) is 18.5. The van der Waals surface area contributed by atoms with Crippen molar-refractivity contribution in [2.75, 3.05) is 14.2 Å². The molecule has 0 aliphatic carbocycles. The number of benzene rings is 3. The van der Waals surface area contributed by atoms with E-state index in [2.05, 4.69) is 9.97 Å². The predicted molar refractivity (Wildman–Crippen MR) is 145 cm³/mol. The van der Waals surface area contributed by atoms with E-state index in [4.69, 9.17) is 14.2 Å². The lowest BCUT2D eigenvalue weighted by Gasteiger charge is -2.12. The molecule has 0 unspecified atom stereocenters. The van der Waals surface area contributed by atoms with Crippen molar-refractivity contribution in [1.29, 1.82) is 0 Å². The zero-order chi connectivity index (χ0) is 26.5. The van der Waals surface area contributed by atoms with E-state index in [9.17, 15) is 9.59 Å². The number of ketones is 2. The Hall–Kier alpha value is -4.78. The number of hydrogen-bond acceptors (Lipinski definition) is 7. The highest BCUT2D eigenvalue weighted by molar-refractivity contribution is 6.01. The second-order valence-electron chi connectivity index (χ2n) is 8.87. The zero-order valence-corrected chi connectivity index (χ0v) is 21.1. The number of Topliss-reactive ketones (excluding diaryl/α,β-unsaturated/α-hetero) is 2. The van der Waals surface area contributed by atoms with Crippen LogP contribution in [-0.2, 0) is 22.4 Å². The van der Waals surface area contributed by atoms with Gasteiger partial charge in [0, 0.05) is 42.1 Å². The highest BCUT2D eigenvalue weighted by Crippen LogP contribution is 2.36.